The molecule has 1 fully saturated rings. The zero-order chi connectivity index (χ0) is 12.2. The molecule has 0 aliphatic carbocycles. The topological polar surface area (TPSA) is 41.6 Å². The van der Waals surface area contributed by atoms with Gasteiger partial charge >= 0.3 is 0 Å². The van der Waals surface area contributed by atoms with Crippen LogP contribution in [0.1, 0.15) is 34.1 Å². The number of thioether (sulfide) groups is 1. The lowest BCUT2D eigenvalue weighted by atomic mass is 10.1. The minimum absolute atomic E-state index is 0.382. The number of hydrogen-bond acceptors (Lipinski definition) is 2. The van der Waals surface area contributed by atoms with Crippen LogP contribution in [0.5, 0.6) is 0 Å². The molecule has 1 aliphatic heterocycles. The van der Waals surface area contributed by atoms with E-state index in [4.69, 9.17) is 5.73 Å². The molecule has 0 aromatic carbocycles. The normalized spacial score (nSPS) is 22.3. The standard InChI is InChI=1S/C12H25N3S/c1-10(2)9-14-11(13)15-6-5-12(3,4)16-8-7-15/h10H,5-9H2,1-4H3,(H2,13,14). The molecule has 0 bridgehead atoms. The molecule has 1 heterocycles. The summed E-state index contributed by atoms with van der Waals surface area (Å²) in [5.41, 5.74) is 6.02. The van der Waals surface area contributed by atoms with Crippen LogP contribution in [0, 0.1) is 5.92 Å². The highest BCUT2D eigenvalue weighted by Crippen LogP contribution is 2.30. The van der Waals surface area contributed by atoms with Crippen molar-refractivity contribution in [3.05, 3.63) is 0 Å². The fourth-order valence-corrected chi connectivity index (χ4v) is 2.73. The maximum Gasteiger partial charge on any atom is 0.191 e. The summed E-state index contributed by atoms with van der Waals surface area (Å²) in [4.78, 5) is 6.67. The molecule has 16 heavy (non-hydrogen) atoms. The van der Waals surface area contributed by atoms with Crippen LogP contribution >= 0.6 is 11.8 Å². The van der Waals surface area contributed by atoms with Gasteiger partial charge in [0.05, 0.1) is 0 Å². The Morgan fingerprint density at radius 2 is 2.12 bits per heavy atom. The van der Waals surface area contributed by atoms with Crippen LogP contribution in [-0.4, -0.2) is 41.0 Å². The molecule has 0 radical (unpaired) electrons. The summed E-state index contributed by atoms with van der Waals surface area (Å²) < 4.78 is 0.382. The quantitative estimate of drug-likeness (QED) is 0.597. The van der Waals surface area contributed by atoms with Gasteiger partial charge in [-0.1, -0.05) is 27.7 Å². The van der Waals surface area contributed by atoms with Gasteiger partial charge in [-0.25, -0.2) is 0 Å². The number of nitrogens with zero attached hydrogens (tertiary/aromatic N) is 2. The van der Waals surface area contributed by atoms with Crippen LogP contribution in [-0.2, 0) is 0 Å². The lowest BCUT2D eigenvalue weighted by molar-refractivity contribution is 0.416. The minimum atomic E-state index is 0.382. The molecular weight excluding hydrogens is 218 g/mol. The Bertz CT molecular complexity index is 249. The van der Waals surface area contributed by atoms with Crippen molar-refractivity contribution in [1.29, 1.82) is 0 Å². The molecule has 1 aliphatic rings. The summed E-state index contributed by atoms with van der Waals surface area (Å²) in [5.74, 6) is 2.45. The second-order valence-corrected chi connectivity index (χ2v) is 7.24. The Morgan fingerprint density at radius 3 is 2.75 bits per heavy atom. The first-order valence-electron chi connectivity index (χ1n) is 6.09. The van der Waals surface area contributed by atoms with Gasteiger partial charge in [0.1, 0.15) is 0 Å². The van der Waals surface area contributed by atoms with Crippen molar-refractivity contribution in [2.45, 2.75) is 38.9 Å². The van der Waals surface area contributed by atoms with Gasteiger partial charge in [0.2, 0.25) is 0 Å². The highest BCUT2D eigenvalue weighted by molar-refractivity contribution is 8.00. The highest BCUT2D eigenvalue weighted by Gasteiger charge is 2.24. The predicted octanol–water partition coefficient (Wildman–Crippen LogP) is 2.17. The molecule has 0 amide bonds. The van der Waals surface area contributed by atoms with E-state index in [2.05, 4.69) is 37.6 Å². The van der Waals surface area contributed by atoms with Crippen LogP contribution in [0.2, 0.25) is 0 Å². The molecule has 4 heteroatoms. The van der Waals surface area contributed by atoms with Gasteiger partial charge in [0, 0.05) is 30.1 Å². The molecule has 1 rings (SSSR count). The number of hydrogen-bond donors (Lipinski definition) is 1. The second kappa shape index (κ2) is 5.80. The zero-order valence-corrected chi connectivity index (χ0v) is 11.8. The highest BCUT2D eigenvalue weighted by atomic mass is 32.2. The summed E-state index contributed by atoms with van der Waals surface area (Å²) >= 11 is 2.03. The number of guanidine groups is 1. The number of nitrogens with two attached hydrogens (primary N) is 1. The first-order chi connectivity index (χ1) is 7.41. The SMILES string of the molecule is CC(C)CN=C(N)N1CCSC(C)(C)CC1. The maximum atomic E-state index is 6.02. The summed E-state index contributed by atoms with van der Waals surface area (Å²) in [6.45, 7) is 11.8. The molecule has 0 aromatic heterocycles. The van der Waals surface area contributed by atoms with Gasteiger partial charge in [-0.15, -0.1) is 0 Å². The molecule has 0 aromatic rings. The van der Waals surface area contributed by atoms with Gasteiger partial charge in [0.25, 0.3) is 0 Å². The van der Waals surface area contributed by atoms with E-state index in [1.54, 1.807) is 0 Å². The maximum absolute atomic E-state index is 6.02. The van der Waals surface area contributed by atoms with Crippen LogP contribution in [0.15, 0.2) is 4.99 Å². The summed E-state index contributed by atoms with van der Waals surface area (Å²) in [6.07, 6.45) is 1.18. The lowest BCUT2D eigenvalue weighted by Gasteiger charge is -2.23. The van der Waals surface area contributed by atoms with Crippen molar-refractivity contribution >= 4 is 17.7 Å². The third kappa shape index (κ3) is 4.64. The van der Waals surface area contributed by atoms with E-state index in [-0.39, 0.29) is 0 Å². The third-order valence-corrected chi connectivity index (χ3v) is 4.15. The Balaban J connectivity index is 2.51. The molecule has 0 spiro atoms. The van der Waals surface area contributed by atoms with Crippen LogP contribution in [0.25, 0.3) is 0 Å². The molecular formula is C12H25N3S. The zero-order valence-electron chi connectivity index (χ0n) is 11.0. The summed E-state index contributed by atoms with van der Waals surface area (Å²) in [7, 11) is 0. The van der Waals surface area contributed by atoms with Gasteiger partial charge in [-0.3, -0.25) is 4.99 Å². The Labute approximate surface area is 104 Å². The van der Waals surface area contributed by atoms with Crippen LogP contribution in [0.4, 0.5) is 0 Å². The molecule has 0 atom stereocenters. The van der Waals surface area contributed by atoms with Crippen LogP contribution in [0.3, 0.4) is 0 Å². The summed E-state index contributed by atoms with van der Waals surface area (Å²) in [6, 6.07) is 0. The van der Waals surface area contributed by atoms with Crippen molar-refractivity contribution in [3.8, 4) is 0 Å². The minimum Gasteiger partial charge on any atom is -0.370 e. The molecule has 2 N–H and O–H groups in total. The Morgan fingerprint density at radius 1 is 1.44 bits per heavy atom. The molecule has 0 unspecified atom stereocenters. The molecule has 94 valence electrons. The van der Waals surface area contributed by atoms with E-state index in [1.807, 2.05) is 11.8 Å². The average Bonchev–Trinajstić information content (AvgIpc) is 2.35. The fourth-order valence-electron chi connectivity index (χ4n) is 1.63. The smallest absolute Gasteiger partial charge is 0.191 e. The molecule has 3 nitrogen and oxygen atoms in total. The number of rotatable bonds is 2. The molecule has 0 saturated carbocycles. The Hall–Kier alpha value is -0.380. The summed E-state index contributed by atoms with van der Waals surface area (Å²) in [5, 5.41) is 0. The van der Waals surface area contributed by atoms with Crippen LogP contribution < -0.4 is 5.73 Å². The van der Waals surface area contributed by atoms with Gasteiger partial charge in [-0.05, 0) is 12.3 Å². The van der Waals surface area contributed by atoms with Crippen molar-refractivity contribution < 1.29 is 0 Å². The largest absolute Gasteiger partial charge is 0.370 e. The van der Waals surface area contributed by atoms with Crippen molar-refractivity contribution in [1.82, 2.24) is 4.90 Å². The van der Waals surface area contributed by atoms with Crippen molar-refractivity contribution in [3.63, 3.8) is 0 Å². The first-order valence-corrected chi connectivity index (χ1v) is 7.08. The first kappa shape index (κ1) is 13.7. The van der Waals surface area contributed by atoms with E-state index < -0.39 is 0 Å². The van der Waals surface area contributed by atoms with Crippen molar-refractivity contribution in [2.75, 3.05) is 25.4 Å². The Kier molecular flexibility index (Phi) is 4.96. The molecule has 1 saturated heterocycles. The second-order valence-electron chi connectivity index (χ2n) is 5.44. The van der Waals surface area contributed by atoms with Gasteiger partial charge in [0.15, 0.2) is 5.96 Å². The van der Waals surface area contributed by atoms with E-state index in [9.17, 15) is 0 Å². The predicted molar refractivity (Wildman–Crippen MR) is 74.1 cm³/mol. The van der Waals surface area contributed by atoms with Gasteiger partial charge in [-0.2, -0.15) is 11.8 Å². The third-order valence-electron chi connectivity index (χ3n) is 2.78. The monoisotopic (exact) mass is 243 g/mol. The van der Waals surface area contributed by atoms with E-state index in [0.717, 1.165) is 31.3 Å². The van der Waals surface area contributed by atoms with E-state index in [0.29, 0.717) is 10.7 Å². The van der Waals surface area contributed by atoms with E-state index in [1.165, 1.54) is 6.42 Å². The van der Waals surface area contributed by atoms with Gasteiger partial charge < -0.3 is 10.6 Å². The number of aliphatic imine (C=N–C) groups is 1. The van der Waals surface area contributed by atoms with Crippen molar-refractivity contribution in [2.24, 2.45) is 16.6 Å². The average molecular weight is 243 g/mol. The van der Waals surface area contributed by atoms with E-state index >= 15 is 0 Å². The lowest BCUT2D eigenvalue weighted by Crippen LogP contribution is -2.39. The fraction of sp³-hybridized carbons (Fsp3) is 0.917.